The van der Waals surface area contributed by atoms with Crippen LogP contribution in [0.15, 0.2) is 132 Å². The summed E-state index contributed by atoms with van der Waals surface area (Å²) in [5.74, 6) is 0.886. The zero-order valence-corrected chi connectivity index (χ0v) is 21.0. The van der Waals surface area contributed by atoms with Crippen LogP contribution in [0.25, 0.3) is 60.7 Å². The Morgan fingerprint density at radius 2 is 1.08 bits per heavy atom. The minimum Gasteiger partial charge on any atom is -0.454 e. The van der Waals surface area contributed by atoms with E-state index in [0.29, 0.717) is 0 Å². The maximum absolute atomic E-state index is 6.60. The smallest absolute Gasteiger partial charge is 0.158 e. The molecule has 0 atom stereocenters. The van der Waals surface area contributed by atoms with E-state index in [4.69, 9.17) is 9.40 Å². The van der Waals surface area contributed by atoms with Crippen molar-refractivity contribution in [3.05, 3.63) is 144 Å². The molecule has 3 aromatic heterocycles. The van der Waals surface area contributed by atoms with E-state index < -0.39 is 0 Å². The summed E-state index contributed by atoms with van der Waals surface area (Å²) in [4.78, 5) is 5.49. The molecule has 0 fully saturated rings. The average Bonchev–Trinajstić information content (AvgIpc) is 3.65. The second kappa shape index (κ2) is 7.68. The molecule has 0 amide bonds. The Hall–Kier alpha value is -5.15. The van der Waals surface area contributed by atoms with Crippen molar-refractivity contribution in [2.75, 3.05) is 0 Å². The second-order valence-electron chi connectivity index (χ2n) is 10.3. The van der Waals surface area contributed by atoms with E-state index >= 15 is 0 Å². The predicted molar refractivity (Wildman–Crippen MR) is 159 cm³/mol. The van der Waals surface area contributed by atoms with Gasteiger partial charge in [-0.05, 0) is 46.5 Å². The van der Waals surface area contributed by atoms with Gasteiger partial charge in [0.25, 0.3) is 0 Å². The van der Waals surface area contributed by atoms with E-state index in [0.717, 1.165) is 44.5 Å². The van der Waals surface area contributed by atoms with Crippen LogP contribution >= 0.6 is 0 Å². The van der Waals surface area contributed by atoms with Gasteiger partial charge in [-0.2, -0.15) is 0 Å². The maximum atomic E-state index is 6.60. The molecule has 3 heteroatoms. The van der Waals surface area contributed by atoms with Crippen molar-refractivity contribution in [2.45, 2.75) is 5.92 Å². The van der Waals surface area contributed by atoms with Crippen LogP contribution in [0, 0.1) is 0 Å². The van der Waals surface area contributed by atoms with Crippen LogP contribution in [0.1, 0.15) is 22.7 Å². The highest BCUT2D eigenvalue weighted by atomic mass is 16.3. The molecule has 5 aromatic carbocycles. The number of pyridine rings is 1. The van der Waals surface area contributed by atoms with Gasteiger partial charge in [0.05, 0.1) is 22.6 Å². The first-order valence-electron chi connectivity index (χ1n) is 13.4. The molecule has 1 aliphatic rings. The summed E-state index contributed by atoms with van der Waals surface area (Å²) >= 11 is 0. The first-order chi connectivity index (χ1) is 19.4. The fourth-order valence-electron chi connectivity index (χ4n) is 6.66. The Morgan fingerprint density at radius 1 is 0.538 bits per heavy atom. The lowest BCUT2D eigenvalue weighted by molar-refractivity contribution is 0.656. The number of aromatic nitrogens is 2. The normalized spacial score (nSPS) is 13.0. The lowest BCUT2D eigenvalue weighted by Gasteiger charge is -2.16. The Labute approximate surface area is 224 Å². The fourth-order valence-corrected chi connectivity index (χ4v) is 6.66. The molecule has 0 saturated carbocycles. The van der Waals surface area contributed by atoms with Crippen LogP contribution in [0.2, 0.25) is 0 Å². The molecule has 0 saturated heterocycles. The summed E-state index contributed by atoms with van der Waals surface area (Å²) in [6.45, 7) is 0. The molecule has 0 aliphatic heterocycles. The molecular weight excluding hydrogens is 476 g/mol. The summed E-state index contributed by atoms with van der Waals surface area (Å²) in [5, 5.41) is 4.65. The monoisotopic (exact) mass is 498 g/mol. The highest BCUT2D eigenvalue weighted by Gasteiger charge is 2.33. The van der Waals surface area contributed by atoms with Gasteiger partial charge in [0, 0.05) is 21.5 Å². The highest BCUT2D eigenvalue weighted by Crippen LogP contribution is 2.50. The number of benzene rings is 5. The SMILES string of the molecule is c1ccc2c(c1)-c1ccccc1C2c1nc(-n2c3ccccc3c3ccccc32)cc2c1oc1ccccc12. The molecule has 0 N–H and O–H groups in total. The van der Waals surface area contributed by atoms with Gasteiger partial charge in [0.2, 0.25) is 0 Å². The topological polar surface area (TPSA) is 31.0 Å². The van der Waals surface area contributed by atoms with Crippen LogP contribution in [-0.2, 0) is 0 Å². The van der Waals surface area contributed by atoms with Crippen molar-refractivity contribution < 1.29 is 4.42 Å². The fraction of sp³-hybridized carbons (Fsp3) is 0.0278. The van der Waals surface area contributed by atoms with E-state index in [1.807, 2.05) is 6.07 Å². The van der Waals surface area contributed by atoms with E-state index in [2.05, 4.69) is 126 Å². The van der Waals surface area contributed by atoms with E-state index in [9.17, 15) is 0 Å². The number of furan rings is 1. The van der Waals surface area contributed by atoms with Crippen molar-refractivity contribution in [2.24, 2.45) is 0 Å². The Morgan fingerprint density at radius 3 is 1.74 bits per heavy atom. The van der Waals surface area contributed by atoms with Gasteiger partial charge < -0.3 is 4.42 Å². The maximum Gasteiger partial charge on any atom is 0.158 e. The Balaban J connectivity index is 1.44. The van der Waals surface area contributed by atoms with Crippen molar-refractivity contribution >= 4 is 43.7 Å². The lowest BCUT2D eigenvalue weighted by atomic mass is 9.92. The summed E-state index contributed by atoms with van der Waals surface area (Å²) < 4.78 is 8.91. The second-order valence-corrected chi connectivity index (χ2v) is 10.3. The molecule has 3 nitrogen and oxygen atoms in total. The molecule has 0 unspecified atom stereocenters. The van der Waals surface area contributed by atoms with Crippen molar-refractivity contribution in [3.63, 3.8) is 0 Å². The standard InChI is InChI=1S/C36H22N2O/c1-3-16-27-22(11-1)23-12-2-4-17-28(23)34(27)35-36-29(26-15-7-10-20-32(26)39-36)21-33(37-35)38-30-18-8-5-13-24(30)25-14-6-9-19-31(25)38/h1-21,34H. The van der Waals surface area contributed by atoms with Gasteiger partial charge in [0.1, 0.15) is 11.4 Å². The number of para-hydroxylation sites is 3. The van der Waals surface area contributed by atoms with Crippen molar-refractivity contribution in [1.29, 1.82) is 0 Å². The lowest BCUT2D eigenvalue weighted by Crippen LogP contribution is -2.06. The van der Waals surface area contributed by atoms with Gasteiger partial charge in [-0.1, -0.05) is 103 Å². The Bertz CT molecular complexity index is 2150. The number of rotatable bonds is 2. The number of hydrogen-bond acceptors (Lipinski definition) is 2. The highest BCUT2D eigenvalue weighted by molar-refractivity contribution is 6.10. The van der Waals surface area contributed by atoms with Crippen LogP contribution in [0.5, 0.6) is 0 Å². The number of fused-ring (bicyclic) bond motifs is 9. The summed E-state index contributed by atoms with van der Waals surface area (Å²) in [7, 11) is 0. The third-order valence-electron chi connectivity index (χ3n) is 8.29. The quantitative estimate of drug-likeness (QED) is 0.238. The van der Waals surface area contributed by atoms with Gasteiger partial charge in [-0.15, -0.1) is 0 Å². The number of nitrogens with zero attached hydrogens (tertiary/aromatic N) is 2. The molecular formula is C36H22N2O. The van der Waals surface area contributed by atoms with Crippen LogP contribution in [0.3, 0.4) is 0 Å². The zero-order chi connectivity index (χ0) is 25.5. The molecule has 0 bridgehead atoms. The molecule has 9 rings (SSSR count). The zero-order valence-electron chi connectivity index (χ0n) is 21.0. The minimum atomic E-state index is -0.0199. The van der Waals surface area contributed by atoms with Crippen molar-refractivity contribution in [1.82, 2.24) is 9.55 Å². The third-order valence-corrected chi connectivity index (χ3v) is 8.29. The molecule has 1 aliphatic carbocycles. The molecule has 0 spiro atoms. The Kier molecular flexibility index (Phi) is 4.11. The van der Waals surface area contributed by atoms with E-state index in [-0.39, 0.29) is 5.92 Å². The minimum absolute atomic E-state index is 0.0199. The van der Waals surface area contributed by atoms with Gasteiger partial charge in [0.15, 0.2) is 5.58 Å². The van der Waals surface area contributed by atoms with Gasteiger partial charge >= 0.3 is 0 Å². The van der Waals surface area contributed by atoms with Crippen LogP contribution in [-0.4, -0.2) is 9.55 Å². The molecule has 3 heterocycles. The van der Waals surface area contributed by atoms with E-state index in [1.54, 1.807) is 0 Å². The first kappa shape index (κ1) is 20.9. The largest absolute Gasteiger partial charge is 0.454 e. The van der Waals surface area contributed by atoms with Gasteiger partial charge in [-0.25, -0.2) is 4.98 Å². The predicted octanol–water partition coefficient (Wildman–Crippen LogP) is 9.24. The number of hydrogen-bond donors (Lipinski definition) is 0. The third kappa shape index (κ3) is 2.79. The van der Waals surface area contributed by atoms with E-state index in [1.165, 1.54) is 33.0 Å². The summed E-state index contributed by atoms with van der Waals surface area (Å²) in [5.41, 5.74) is 10.1. The summed E-state index contributed by atoms with van der Waals surface area (Å²) in [6.07, 6.45) is 0. The molecule has 0 radical (unpaired) electrons. The van der Waals surface area contributed by atoms with Crippen molar-refractivity contribution in [3.8, 4) is 16.9 Å². The van der Waals surface area contributed by atoms with Crippen LogP contribution in [0.4, 0.5) is 0 Å². The molecule has 39 heavy (non-hydrogen) atoms. The summed E-state index contributed by atoms with van der Waals surface area (Å²) in [6, 6.07) is 45.1. The van der Waals surface area contributed by atoms with Crippen LogP contribution < -0.4 is 0 Å². The average molecular weight is 499 g/mol. The molecule has 182 valence electrons. The first-order valence-corrected chi connectivity index (χ1v) is 13.4. The van der Waals surface area contributed by atoms with Gasteiger partial charge in [-0.3, -0.25) is 4.57 Å². The molecule has 8 aromatic rings.